The lowest BCUT2D eigenvalue weighted by atomic mass is 9.73. The molecule has 2 aliphatic rings. The smallest absolute Gasteiger partial charge is 0.258 e. The molecule has 6 rings (SSSR count). The number of amides is 3. The number of carbonyl (C=O) groups is 4. The van der Waals surface area contributed by atoms with Crippen molar-refractivity contribution in [1.82, 2.24) is 5.32 Å². The number of ketones is 1. The number of nitrogens with two attached hydrogens (primary N) is 1. The Morgan fingerprint density at radius 3 is 2.21 bits per heavy atom. The van der Waals surface area contributed by atoms with Crippen LogP contribution >= 0.6 is 0 Å². The van der Waals surface area contributed by atoms with Crippen molar-refractivity contribution in [3.63, 3.8) is 0 Å². The second kappa shape index (κ2) is 14.2. The minimum Gasteiger partial charge on any atom is -0.369 e. The highest BCUT2D eigenvalue weighted by molar-refractivity contribution is 6.13. The van der Waals surface area contributed by atoms with Gasteiger partial charge in [-0.25, -0.2) is 0 Å². The third-order valence-electron chi connectivity index (χ3n) is 9.73. The van der Waals surface area contributed by atoms with Crippen molar-refractivity contribution in [3.8, 4) is 11.1 Å². The molecule has 0 spiro atoms. The third kappa shape index (κ3) is 6.61. The fraction of sp³-hybridized carbons (Fsp3) is 0.300. The van der Waals surface area contributed by atoms with Crippen LogP contribution in [0.15, 0.2) is 103 Å². The van der Waals surface area contributed by atoms with Crippen LogP contribution in [0.2, 0.25) is 0 Å². The first-order valence-electron chi connectivity index (χ1n) is 16.7. The predicted octanol–water partition coefficient (Wildman–Crippen LogP) is 7.52. The molecule has 1 fully saturated rings. The first-order chi connectivity index (χ1) is 22.9. The molecule has 7 nitrogen and oxygen atoms in total. The van der Waals surface area contributed by atoms with E-state index in [0.717, 1.165) is 43.2 Å². The average molecular weight is 628 g/mol. The zero-order valence-electron chi connectivity index (χ0n) is 26.7. The topological polar surface area (TPSA) is 110 Å². The fourth-order valence-electron chi connectivity index (χ4n) is 6.98. The van der Waals surface area contributed by atoms with E-state index in [1.807, 2.05) is 66.7 Å². The molecule has 0 aromatic heterocycles. The van der Waals surface area contributed by atoms with E-state index in [-0.39, 0.29) is 17.6 Å². The summed E-state index contributed by atoms with van der Waals surface area (Å²) in [6, 6.07) is 30.3. The molecule has 1 aliphatic carbocycles. The maximum absolute atomic E-state index is 14.9. The zero-order chi connectivity index (χ0) is 32.9. The number of rotatable bonds is 12. The van der Waals surface area contributed by atoms with Crippen LogP contribution in [0.25, 0.3) is 11.1 Å². The van der Waals surface area contributed by atoms with Crippen LogP contribution in [0.1, 0.15) is 79.4 Å². The summed E-state index contributed by atoms with van der Waals surface area (Å²) < 4.78 is 0. The highest BCUT2D eigenvalue weighted by atomic mass is 16.2. The number of nitrogens with one attached hydrogen (secondary N) is 1. The summed E-state index contributed by atoms with van der Waals surface area (Å²) in [4.78, 5) is 57.0. The van der Waals surface area contributed by atoms with Gasteiger partial charge in [0.05, 0.1) is 5.69 Å². The Balaban J connectivity index is 1.42. The Kier molecular flexibility index (Phi) is 9.62. The molecule has 1 aliphatic heterocycles. The van der Waals surface area contributed by atoms with Gasteiger partial charge in [0, 0.05) is 34.2 Å². The molecule has 1 unspecified atom stereocenters. The van der Waals surface area contributed by atoms with Crippen molar-refractivity contribution in [2.45, 2.75) is 57.9 Å². The van der Waals surface area contributed by atoms with E-state index >= 15 is 0 Å². The number of hydrogen-bond acceptors (Lipinski definition) is 4. The Morgan fingerprint density at radius 1 is 0.830 bits per heavy atom. The van der Waals surface area contributed by atoms with Gasteiger partial charge in [-0.2, -0.15) is 0 Å². The number of anilines is 2. The number of unbranched alkanes of at least 4 members (excludes halogenated alkanes) is 1. The number of nitrogens with zero attached hydrogens (tertiary/aromatic N) is 1. The van der Waals surface area contributed by atoms with Gasteiger partial charge in [0.25, 0.3) is 5.91 Å². The molecule has 3 amide bonds. The van der Waals surface area contributed by atoms with Crippen molar-refractivity contribution in [1.29, 1.82) is 0 Å². The quantitative estimate of drug-likeness (QED) is 0.158. The summed E-state index contributed by atoms with van der Waals surface area (Å²) in [5.41, 5.74) is 10.4. The number of benzene rings is 4. The van der Waals surface area contributed by atoms with Crippen molar-refractivity contribution in [2.75, 3.05) is 4.90 Å². The molecule has 4 aromatic carbocycles. The van der Waals surface area contributed by atoms with E-state index in [9.17, 15) is 19.2 Å². The monoisotopic (exact) mass is 627 g/mol. The van der Waals surface area contributed by atoms with Crippen LogP contribution in [0, 0.1) is 17.8 Å². The fourth-order valence-corrected chi connectivity index (χ4v) is 6.98. The maximum Gasteiger partial charge on any atom is 0.258 e. The van der Waals surface area contributed by atoms with Gasteiger partial charge in [-0.1, -0.05) is 124 Å². The predicted molar refractivity (Wildman–Crippen MR) is 184 cm³/mol. The van der Waals surface area contributed by atoms with E-state index in [1.54, 1.807) is 41.3 Å². The SMILES string of the molecule is CCCC[C@H](C(N)=O)[C@@H](CC1CCC1)C(=O)NC1C(=O)N(c2cccc(C(=O)c3ccccc3)c2)c2ccccc2-c2ccccc21. The minimum atomic E-state index is -1.04. The van der Waals surface area contributed by atoms with Gasteiger partial charge in [0.2, 0.25) is 11.8 Å². The van der Waals surface area contributed by atoms with Crippen LogP contribution in [0.4, 0.5) is 11.4 Å². The third-order valence-corrected chi connectivity index (χ3v) is 9.73. The Labute approximate surface area is 276 Å². The molecule has 3 atom stereocenters. The van der Waals surface area contributed by atoms with Crippen LogP contribution in [-0.4, -0.2) is 23.5 Å². The average Bonchev–Trinajstić information content (AvgIpc) is 3.17. The van der Waals surface area contributed by atoms with Crippen LogP contribution < -0.4 is 16.0 Å². The molecule has 1 heterocycles. The van der Waals surface area contributed by atoms with Crippen LogP contribution in [-0.2, 0) is 14.4 Å². The maximum atomic E-state index is 14.9. The molecule has 1 saturated carbocycles. The molecule has 4 aromatic rings. The van der Waals surface area contributed by atoms with Gasteiger partial charge in [0.15, 0.2) is 5.78 Å². The van der Waals surface area contributed by atoms with Gasteiger partial charge in [-0.15, -0.1) is 0 Å². The van der Waals surface area contributed by atoms with Crippen molar-refractivity contribution < 1.29 is 19.2 Å². The highest BCUT2D eigenvalue weighted by Crippen LogP contribution is 2.44. The number of hydrogen-bond donors (Lipinski definition) is 2. The highest BCUT2D eigenvalue weighted by Gasteiger charge is 2.40. The molecular formula is C40H41N3O4. The standard InChI is InChI=1S/C40H41N3O4/c1-2-3-19-33(38(41)45)34(24-26-13-11-14-26)39(46)42-36-32-22-8-7-20-30(32)31-21-9-10-23-35(31)43(40(36)47)29-18-12-17-28(25-29)37(44)27-15-5-4-6-16-27/h4-10,12,15-18,20-23,25-26,33-34,36H,2-3,11,13-14,19,24H2,1H3,(H2,41,45)(H,42,46)/t33-,34+,36?/m0/s1. The number of carbonyl (C=O) groups excluding carboxylic acids is 4. The van der Waals surface area contributed by atoms with E-state index in [0.29, 0.717) is 46.8 Å². The first kappa shape index (κ1) is 31.9. The molecule has 240 valence electrons. The van der Waals surface area contributed by atoms with Crippen molar-refractivity contribution in [3.05, 3.63) is 120 Å². The number of primary amides is 1. The molecule has 7 heteroatoms. The molecule has 0 radical (unpaired) electrons. The van der Waals surface area contributed by atoms with Gasteiger partial charge in [-0.05, 0) is 48.1 Å². The number of para-hydroxylation sites is 1. The van der Waals surface area contributed by atoms with Crippen molar-refractivity contribution in [2.24, 2.45) is 23.5 Å². The Bertz CT molecular complexity index is 1780. The molecular weight excluding hydrogens is 586 g/mol. The van der Waals surface area contributed by atoms with Gasteiger partial charge < -0.3 is 11.1 Å². The van der Waals surface area contributed by atoms with E-state index in [4.69, 9.17) is 5.73 Å². The van der Waals surface area contributed by atoms with Gasteiger partial charge in [0.1, 0.15) is 6.04 Å². The summed E-state index contributed by atoms with van der Waals surface area (Å²) in [7, 11) is 0. The summed E-state index contributed by atoms with van der Waals surface area (Å²) >= 11 is 0. The summed E-state index contributed by atoms with van der Waals surface area (Å²) in [6.45, 7) is 2.05. The lowest BCUT2D eigenvalue weighted by molar-refractivity contribution is -0.136. The molecule has 3 N–H and O–H groups in total. The van der Waals surface area contributed by atoms with Crippen molar-refractivity contribution >= 4 is 34.9 Å². The zero-order valence-corrected chi connectivity index (χ0v) is 26.7. The Hall–Kier alpha value is -5.04. The summed E-state index contributed by atoms with van der Waals surface area (Å²) in [5, 5.41) is 3.12. The number of fused-ring (bicyclic) bond motifs is 3. The van der Waals surface area contributed by atoms with E-state index in [1.165, 1.54) is 0 Å². The summed E-state index contributed by atoms with van der Waals surface area (Å²) in [5.74, 6) is -2.19. The van der Waals surface area contributed by atoms with Crippen LogP contribution in [0.5, 0.6) is 0 Å². The van der Waals surface area contributed by atoms with Crippen LogP contribution in [0.3, 0.4) is 0 Å². The summed E-state index contributed by atoms with van der Waals surface area (Å²) in [6.07, 6.45) is 5.93. The first-order valence-corrected chi connectivity index (χ1v) is 16.7. The van der Waals surface area contributed by atoms with E-state index in [2.05, 4.69) is 12.2 Å². The van der Waals surface area contributed by atoms with Gasteiger partial charge >= 0.3 is 0 Å². The second-order valence-electron chi connectivity index (χ2n) is 12.8. The molecule has 0 bridgehead atoms. The van der Waals surface area contributed by atoms with E-state index < -0.39 is 23.8 Å². The normalized spacial score (nSPS) is 17.0. The largest absolute Gasteiger partial charge is 0.369 e. The Morgan fingerprint density at radius 2 is 1.51 bits per heavy atom. The van der Waals surface area contributed by atoms with Gasteiger partial charge in [-0.3, -0.25) is 24.1 Å². The minimum absolute atomic E-state index is 0.153. The molecule has 0 saturated heterocycles. The lowest BCUT2D eigenvalue weighted by Gasteiger charge is -2.33. The lowest BCUT2D eigenvalue weighted by Crippen LogP contribution is -2.46. The molecule has 47 heavy (non-hydrogen) atoms. The second-order valence-corrected chi connectivity index (χ2v) is 12.8.